The molecule has 1 saturated heterocycles. The Kier molecular flexibility index (Phi) is 5.67. The van der Waals surface area contributed by atoms with Crippen molar-refractivity contribution in [2.75, 3.05) is 19.5 Å². The van der Waals surface area contributed by atoms with Gasteiger partial charge in [-0.05, 0) is 38.3 Å². The first kappa shape index (κ1) is 23.5. The Morgan fingerprint density at radius 1 is 1.20 bits per heavy atom. The number of sulfone groups is 1. The van der Waals surface area contributed by atoms with Crippen LogP contribution in [0.2, 0.25) is 0 Å². The molecule has 0 N–H and O–H groups in total. The highest BCUT2D eigenvalue weighted by atomic mass is 32.2. The third-order valence-corrected chi connectivity index (χ3v) is 6.47. The van der Waals surface area contributed by atoms with E-state index < -0.39 is 38.7 Å². The topological polar surface area (TPSA) is 114 Å². The number of hydrogen-bond acceptors (Lipinski definition) is 8. The molecule has 10 nitrogen and oxygen atoms in total. The van der Waals surface area contributed by atoms with Crippen molar-refractivity contribution >= 4 is 26.4 Å². The highest BCUT2D eigenvalue weighted by Gasteiger charge is 2.38. The monoisotopic (exact) mass is 510 g/mol. The van der Waals surface area contributed by atoms with Gasteiger partial charge in [0.25, 0.3) is 0 Å². The second-order valence-electron chi connectivity index (χ2n) is 8.13. The molecule has 0 saturated carbocycles. The average Bonchev–Trinajstić information content (AvgIpc) is 3.35. The van der Waals surface area contributed by atoms with Crippen molar-refractivity contribution in [2.45, 2.75) is 43.7 Å². The van der Waals surface area contributed by atoms with E-state index in [9.17, 15) is 21.6 Å². The molecule has 4 aromatic rings. The lowest BCUT2D eigenvalue weighted by Crippen LogP contribution is -2.19. The van der Waals surface area contributed by atoms with Crippen LogP contribution in [0.4, 0.5) is 13.2 Å². The molecule has 0 spiro atoms. The van der Waals surface area contributed by atoms with E-state index in [1.807, 2.05) is 6.92 Å². The Morgan fingerprint density at radius 3 is 2.66 bits per heavy atom. The van der Waals surface area contributed by atoms with Crippen molar-refractivity contribution in [2.24, 2.45) is 0 Å². The van der Waals surface area contributed by atoms with Gasteiger partial charge in [-0.1, -0.05) is 0 Å². The first-order valence-corrected chi connectivity index (χ1v) is 12.8. The summed E-state index contributed by atoms with van der Waals surface area (Å²) < 4.78 is 80.4. The smallest absolute Gasteiger partial charge is 0.420 e. The van der Waals surface area contributed by atoms with E-state index in [0.29, 0.717) is 37.1 Å². The van der Waals surface area contributed by atoms with Crippen molar-refractivity contribution in [3.8, 4) is 17.1 Å². The largest absolute Gasteiger partial charge is 0.492 e. The molecule has 1 unspecified atom stereocenters. The van der Waals surface area contributed by atoms with Gasteiger partial charge >= 0.3 is 6.18 Å². The van der Waals surface area contributed by atoms with Crippen LogP contribution in [-0.2, 0) is 20.8 Å². The molecule has 35 heavy (non-hydrogen) atoms. The summed E-state index contributed by atoms with van der Waals surface area (Å²) in [5, 5.41) is 8.56. The molecule has 0 bridgehead atoms. The average molecular weight is 510 g/mol. The molecule has 1 fully saturated rings. The number of hydrogen-bond donors (Lipinski definition) is 0. The van der Waals surface area contributed by atoms with E-state index >= 15 is 0 Å². The third-order valence-electron chi connectivity index (χ3n) is 5.61. The SMILES string of the molecule is CCOc1ccc2c3c(-c4nc(S(C)(=O)=O)ncc4C(F)(F)F)nn(C4CCCCO4)c3nn2c1. The van der Waals surface area contributed by atoms with Crippen molar-refractivity contribution in [3.05, 3.63) is 30.1 Å². The van der Waals surface area contributed by atoms with Gasteiger partial charge in [-0.15, -0.1) is 5.10 Å². The summed E-state index contributed by atoms with van der Waals surface area (Å²) in [4.78, 5) is 7.27. The van der Waals surface area contributed by atoms with Crippen LogP contribution in [0.15, 0.2) is 29.7 Å². The lowest BCUT2D eigenvalue weighted by Gasteiger charge is -2.22. The zero-order chi connectivity index (χ0) is 25.0. The standard InChI is InChI=1S/C21H21F3N6O4S/c1-3-33-12-7-8-14-16-18(17-13(21(22,23)24)10-25-20(26-17)35(2,31)32)27-30(15-6-4-5-9-34-15)19(16)28-29(14)11-12/h7-8,10-11,15H,3-6,9H2,1-2H3. The second-order valence-corrected chi connectivity index (χ2v) is 10.0. The molecule has 1 aliphatic rings. The van der Waals surface area contributed by atoms with Crippen molar-refractivity contribution in [1.29, 1.82) is 0 Å². The quantitative estimate of drug-likeness (QED) is 0.374. The fraction of sp³-hybridized carbons (Fsp3) is 0.429. The van der Waals surface area contributed by atoms with Gasteiger partial charge < -0.3 is 9.47 Å². The lowest BCUT2D eigenvalue weighted by atomic mass is 10.1. The molecular formula is C21H21F3N6O4S. The summed E-state index contributed by atoms with van der Waals surface area (Å²) in [5.41, 5.74) is -1.27. The maximum absolute atomic E-state index is 14.0. The molecule has 0 aliphatic carbocycles. The van der Waals surface area contributed by atoms with E-state index in [1.165, 1.54) is 9.20 Å². The van der Waals surface area contributed by atoms with Crippen LogP contribution >= 0.6 is 0 Å². The Morgan fingerprint density at radius 2 is 2.00 bits per heavy atom. The molecule has 4 aromatic heterocycles. The Balaban J connectivity index is 1.84. The van der Waals surface area contributed by atoms with E-state index in [4.69, 9.17) is 9.47 Å². The van der Waals surface area contributed by atoms with E-state index in [0.717, 1.165) is 19.1 Å². The van der Waals surface area contributed by atoms with E-state index in [-0.39, 0.29) is 16.7 Å². The van der Waals surface area contributed by atoms with Gasteiger partial charge in [-0.2, -0.15) is 18.3 Å². The Hall–Kier alpha value is -3.26. The van der Waals surface area contributed by atoms with Crippen molar-refractivity contribution in [3.63, 3.8) is 0 Å². The molecule has 14 heteroatoms. The maximum atomic E-state index is 14.0. The first-order chi connectivity index (χ1) is 16.6. The molecular weight excluding hydrogens is 489 g/mol. The summed E-state index contributed by atoms with van der Waals surface area (Å²) in [6.07, 6.45) is -0.176. The molecule has 0 amide bonds. The van der Waals surface area contributed by atoms with Gasteiger partial charge in [0.2, 0.25) is 15.0 Å². The number of halogens is 3. The van der Waals surface area contributed by atoms with Crippen LogP contribution in [0.25, 0.3) is 27.9 Å². The van der Waals surface area contributed by atoms with Gasteiger partial charge in [0.05, 0.1) is 23.7 Å². The van der Waals surface area contributed by atoms with Gasteiger partial charge in [-0.25, -0.2) is 27.6 Å². The molecule has 5 heterocycles. The number of aromatic nitrogens is 6. The lowest BCUT2D eigenvalue weighted by molar-refractivity contribution is -0.137. The van der Waals surface area contributed by atoms with E-state index in [1.54, 1.807) is 18.3 Å². The van der Waals surface area contributed by atoms with E-state index in [2.05, 4.69) is 20.2 Å². The fourth-order valence-corrected chi connectivity index (χ4v) is 4.58. The number of fused-ring (bicyclic) bond motifs is 3. The summed E-state index contributed by atoms with van der Waals surface area (Å²) in [6, 6.07) is 3.33. The zero-order valence-corrected chi connectivity index (χ0v) is 19.6. The highest BCUT2D eigenvalue weighted by Crippen LogP contribution is 2.40. The molecule has 1 atom stereocenters. The molecule has 5 rings (SSSR count). The number of pyridine rings is 1. The van der Waals surface area contributed by atoms with Gasteiger partial charge in [0.1, 0.15) is 22.7 Å². The summed E-state index contributed by atoms with van der Waals surface area (Å²) in [5.74, 6) is 0.525. The molecule has 0 aromatic carbocycles. The van der Waals surface area contributed by atoms with Crippen molar-refractivity contribution in [1.82, 2.24) is 29.4 Å². The van der Waals surface area contributed by atoms with Gasteiger partial charge in [-0.3, -0.25) is 0 Å². The predicted octanol–water partition coefficient (Wildman–Crippen LogP) is 3.66. The molecule has 186 valence electrons. The third kappa shape index (κ3) is 4.20. The van der Waals surface area contributed by atoms with Crippen LogP contribution in [0.1, 0.15) is 38.0 Å². The second kappa shape index (κ2) is 8.45. The number of rotatable bonds is 5. The van der Waals surface area contributed by atoms with Gasteiger partial charge in [0.15, 0.2) is 11.9 Å². The summed E-state index contributed by atoms with van der Waals surface area (Å²) in [7, 11) is -3.99. The summed E-state index contributed by atoms with van der Waals surface area (Å²) in [6.45, 7) is 2.72. The van der Waals surface area contributed by atoms with Gasteiger partial charge in [0, 0.05) is 19.1 Å². The maximum Gasteiger partial charge on any atom is 0.420 e. The summed E-state index contributed by atoms with van der Waals surface area (Å²) >= 11 is 0. The number of ether oxygens (including phenoxy) is 2. The molecule has 1 aliphatic heterocycles. The van der Waals surface area contributed by atoms with Crippen LogP contribution in [0.3, 0.4) is 0 Å². The predicted molar refractivity (Wildman–Crippen MR) is 118 cm³/mol. The molecule has 0 radical (unpaired) electrons. The van der Waals surface area contributed by atoms with Crippen LogP contribution < -0.4 is 4.74 Å². The van der Waals surface area contributed by atoms with Crippen molar-refractivity contribution < 1.29 is 31.1 Å². The Labute approximate surface area is 197 Å². The fourth-order valence-electron chi connectivity index (χ4n) is 4.08. The Bertz CT molecular complexity index is 1520. The number of alkyl halides is 3. The normalized spacial score (nSPS) is 17.3. The first-order valence-electron chi connectivity index (χ1n) is 10.9. The minimum absolute atomic E-state index is 0.159. The van der Waals surface area contributed by atoms with Crippen LogP contribution in [0.5, 0.6) is 5.75 Å². The minimum atomic E-state index is -4.85. The van der Waals surface area contributed by atoms with Crippen LogP contribution in [0, 0.1) is 0 Å². The number of nitrogens with zero attached hydrogens (tertiary/aromatic N) is 6. The van der Waals surface area contributed by atoms with Crippen LogP contribution in [-0.4, -0.2) is 57.2 Å². The zero-order valence-electron chi connectivity index (χ0n) is 18.8. The minimum Gasteiger partial charge on any atom is -0.492 e. The highest BCUT2D eigenvalue weighted by molar-refractivity contribution is 7.90.